The number of nitrogens with zero attached hydrogens (tertiary/aromatic N) is 1. The lowest BCUT2D eigenvalue weighted by molar-refractivity contribution is 0.0880. The molecular weight excluding hydrogens is 428 g/mol. The number of imide groups is 1. The van der Waals surface area contributed by atoms with Gasteiger partial charge in [-0.25, -0.2) is 0 Å². The minimum Gasteiger partial charge on any atom is -0.340 e. The summed E-state index contributed by atoms with van der Waals surface area (Å²) in [4.78, 5) is 25.9. The Kier molecular flexibility index (Phi) is 3.28. The Morgan fingerprint density at radius 3 is 2.41 bits per heavy atom. The topological polar surface area (TPSA) is 51.1 Å². The Balaban J connectivity index is 2.04. The predicted octanol–water partition coefficient (Wildman–Crippen LogP) is 5.77. The van der Waals surface area contributed by atoms with Gasteiger partial charge in [-0.1, -0.05) is 52.3 Å². The standard InChI is InChI=1S/C24H15BrN2O2/c1-2-27-17-10-8-13(25)11-16(17)19-21-20(23(28)26-24(21)29)18-14-6-4-3-5-12(14)7-9-15(18)22(19)27/h3-11H,2H2,1H3,(H,26,28,29). The van der Waals surface area contributed by atoms with Crippen molar-refractivity contribution in [2.45, 2.75) is 13.5 Å². The maximum atomic E-state index is 12.9. The molecule has 5 heteroatoms. The van der Waals surface area contributed by atoms with Gasteiger partial charge in [0.1, 0.15) is 0 Å². The molecule has 0 atom stereocenters. The van der Waals surface area contributed by atoms with Crippen LogP contribution in [0.15, 0.2) is 59.1 Å². The summed E-state index contributed by atoms with van der Waals surface area (Å²) in [6.07, 6.45) is 0. The van der Waals surface area contributed by atoms with Crippen molar-refractivity contribution in [3.63, 3.8) is 0 Å². The predicted molar refractivity (Wildman–Crippen MR) is 120 cm³/mol. The average molecular weight is 443 g/mol. The largest absolute Gasteiger partial charge is 0.340 e. The molecule has 0 spiro atoms. The Bertz CT molecular complexity index is 1560. The summed E-state index contributed by atoms with van der Waals surface area (Å²) in [6, 6.07) is 18.3. The van der Waals surface area contributed by atoms with Gasteiger partial charge in [0.25, 0.3) is 11.8 Å². The van der Waals surface area contributed by atoms with E-state index in [1.807, 2.05) is 36.4 Å². The van der Waals surface area contributed by atoms with Gasteiger partial charge < -0.3 is 4.57 Å². The zero-order chi connectivity index (χ0) is 19.9. The smallest absolute Gasteiger partial charge is 0.259 e. The fraction of sp³-hybridized carbons (Fsp3) is 0.0833. The van der Waals surface area contributed by atoms with Crippen LogP contribution in [0.4, 0.5) is 0 Å². The van der Waals surface area contributed by atoms with Crippen LogP contribution in [0.1, 0.15) is 27.6 Å². The van der Waals surface area contributed by atoms with Crippen LogP contribution >= 0.6 is 15.9 Å². The molecule has 1 aromatic heterocycles. The van der Waals surface area contributed by atoms with Crippen molar-refractivity contribution >= 4 is 71.1 Å². The molecule has 5 aromatic rings. The number of rotatable bonds is 1. The van der Waals surface area contributed by atoms with Crippen molar-refractivity contribution in [3.8, 4) is 0 Å². The monoisotopic (exact) mass is 442 g/mol. The molecule has 6 rings (SSSR count). The van der Waals surface area contributed by atoms with Gasteiger partial charge in [0.05, 0.1) is 16.6 Å². The lowest BCUT2D eigenvalue weighted by Crippen LogP contribution is -2.20. The summed E-state index contributed by atoms with van der Waals surface area (Å²) in [7, 11) is 0. The number of halogens is 1. The summed E-state index contributed by atoms with van der Waals surface area (Å²) in [6.45, 7) is 2.87. The van der Waals surface area contributed by atoms with Crippen LogP contribution in [0.25, 0.3) is 43.4 Å². The molecule has 0 saturated carbocycles. The Labute approximate surface area is 174 Å². The Morgan fingerprint density at radius 1 is 0.862 bits per heavy atom. The lowest BCUT2D eigenvalue weighted by Gasteiger charge is -2.12. The number of carbonyl (C=O) groups is 2. The fourth-order valence-electron chi connectivity index (χ4n) is 4.86. The second kappa shape index (κ2) is 5.67. The summed E-state index contributed by atoms with van der Waals surface area (Å²) >= 11 is 3.56. The van der Waals surface area contributed by atoms with E-state index in [4.69, 9.17) is 0 Å². The number of aromatic nitrogens is 1. The lowest BCUT2D eigenvalue weighted by atomic mass is 9.91. The van der Waals surface area contributed by atoms with Gasteiger partial charge >= 0.3 is 0 Å². The molecule has 0 aliphatic carbocycles. The maximum Gasteiger partial charge on any atom is 0.259 e. The van der Waals surface area contributed by atoms with E-state index >= 15 is 0 Å². The molecule has 2 amide bonds. The molecule has 0 saturated heterocycles. The molecule has 2 heterocycles. The van der Waals surface area contributed by atoms with Crippen molar-refractivity contribution in [2.75, 3.05) is 0 Å². The highest BCUT2D eigenvalue weighted by Crippen LogP contribution is 2.43. The Morgan fingerprint density at radius 2 is 1.62 bits per heavy atom. The average Bonchev–Trinajstić information content (AvgIpc) is 3.20. The Hall–Kier alpha value is -3.18. The molecular formula is C24H15BrN2O2. The molecule has 4 aromatic carbocycles. The molecule has 1 aliphatic rings. The van der Waals surface area contributed by atoms with Crippen LogP contribution in [-0.4, -0.2) is 16.4 Å². The number of amides is 2. The summed E-state index contributed by atoms with van der Waals surface area (Å²) in [5.74, 6) is -0.638. The van der Waals surface area contributed by atoms with Gasteiger partial charge in [-0.3, -0.25) is 14.9 Å². The van der Waals surface area contributed by atoms with E-state index in [9.17, 15) is 9.59 Å². The molecule has 4 nitrogen and oxygen atoms in total. The first kappa shape index (κ1) is 16.7. The minimum absolute atomic E-state index is 0.319. The highest BCUT2D eigenvalue weighted by molar-refractivity contribution is 9.10. The molecule has 1 N–H and O–H groups in total. The SMILES string of the molecule is CCn1c2ccc(Br)cc2c2c3c(c4c5ccccc5ccc4c21)C(=O)NC3=O. The van der Waals surface area contributed by atoms with Gasteiger partial charge in [0.2, 0.25) is 0 Å². The molecule has 0 fully saturated rings. The van der Waals surface area contributed by atoms with E-state index in [-0.39, 0.29) is 11.8 Å². The van der Waals surface area contributed by atoms with E-state index < -0.39 is 0 Å². The van der Waals surface area contributed by atoms with Gasteiger partial charge in [0, 0.05) is 38.1 Å². The first-order valence-corrected chi connectivity index (χ1v) is 10.3. The van der Waals surface area contributed by atoms with E-state index in [1.54, 1.807) is 0 Å². The molecule has 1 aliphatic heterocycles. The molecule has 140 valence electrons. The minimum atomic E-state index is -0.319. The quantitative estimate of drug-likeness (QED) is 0.264. The molecule has 0 radical (unpaired) electrons. The second-order valence-corrected chi connectivity index (χ2v) is 8.29. The number of aryl methyl sites for hydroxylation is 1. The number of nitrogens with one attached hydrogen (secondary N) is 1. The third kappa shape index (κ3) is 2.03. The summed E-state index contributed by atoms with van der Waals surface area (Å²) < 4.78 is 3.18. The molecule has 0 bridgehead atoms. The number of hydrogen-bond acceptors (Lipinski definition) is 2. The molecule has 0 unspecified atom stereocenters. The van der Waals surface area contributed by atoms with E-state index in [0.29, 0.717) is 11.1 Å². The third-order valence-electron chi connectivity index (χ3n) is 5.96. The maximum absolute atomic E-state index is 12.9. The number of benzene rings is 4. The van der Waals surface area contributed by atoms with Crippen LogP contribution < -0.4 is 5.32 Å². The first-order valence-electron chi connectivity index (χ1n) is 9.54. The summed E-state index contributed by atoms with van der Waals surface area (Å²) in [5, 5.41) is 8.26. The van der Waals surface area contributed by atoms with Crippen LogP contribution in [-0.2, 0) is 6.54 Å². The normalized spacial score (nSPS) is 13.7. The van der Waals surface area contributed by atoms with Gasteiger partial charge in [0.15, 0.2) is 0 Å². The van der Waals surface area contributed by atoms with Crippen LogP contribution in [0.3, 0.4) is 0 Å². The van der Waals surface area contributed by atoms with E-state index in [0.717, 1.165) is 54.4 Å². The van der Waals surface area contributed by atoms with Crippen LogP contribution in [0.5, 0.6) is 0 Å². The van der Waals surface area contributed by atoms with Crippen molar-refractivity contribution in [1.82, 2.24) is 9.88 Å². The van der Waals surface area contributed by atoms with Gasteiger partial charge in [-0.05, 0) is 35.9 Å². The van der Waals surface area contributed by atoms with Crippen LogP contribution in [0, 0.1) is 0 Å². The summed E-state index contributed by atoms with van der Waals surface area (Å²) in [5.41, 5.74) is 3.04. The fourth-order valence-corrected chi connectivity index (χ4v) is 5.22. The number of carbonyl (C=O) groups excluding carboxylic acids is 2. The van der Waals surface area contributed by atoms with Crippen molar-refractivity contribution in [3.05, 3.63) is 70.2 Å². The first-order chi connectivity index (χ1) is 14.1. The van der Waals surface area contributed by atoms with E-state index in [2.05, 4.69) is 50.9 Å². The third-order valence-corrected chi connectivity index (χ3v) is 6.45. The van der Waals surface area contributed by atoms with Gasteiger partial charge in [-0.2, -0.15) is 0 Å². The van der Waals surface area contributed by atoms with Crippen molar-refractivity contribution < 1.29 is 9.59 Å². The highest BCUT2D eigenvalue weighted by Gasteiger charge is 2.34. The highest BCUT2D eigenvalue weighted by atomic mass is 79.9. The zero-order valence-electron chi connectivity index (χ0n) is 15.5. The van der Waals surface area contributed by atoms with Crippen molar-refractivity contribution in [2.24, 2.45) is 0 Å². The zero-order valence-corrected chi connectivity index (χ0v) is 17.1. The number of hydrogen-bond donors (Lipinski definition) is 1. The van der Waals surface area contributed by atoms with Gasteiger partial charge in [-0.15, -0.1) is 0 Å². The van der Waals surface area contributed by atoms with Crippen molar-refractivity contribution in [1.29, 1.82) is 0 Å². The van der Waals surface area contributed by atoms with Crippen LogP contribution in [0.2, 0.25) is 0 Å². The second-order valence-electron chi connectivity index (χ2n) is 7.37. The number of fused-ring (bicyclic) bond motifs is 10. The molecule has 29 heavy (non-hydrogen) atoms. The van der Waals surface area contributed by atoms with E-state index in [1.165, 1.54) is 0 Å².